The van der Waals surface area contributed by atoms with E-state index in [1.807, 2.05) is 20.3 Å². The van der Waals surface area contributed by atoms with Crippen LogP contribution < -0.4 is 20.4 Å². The van der Waals surface area contributed by atoms with E-state index in [1.165, 1.54) is 22.4 Å². The van der Waals surface area contributed by atoms with Crippen molar-refractivity contribution in [2.75, 3.05) is 85.3 Å². The number of anilines is 4. The number of piperidine rings is 4. The van der Waals surface area contributed by atoms with Gasteiger partial charge in [0.2, 0.25) is 23.7 Å². The standard InChI is InChI=1S/C26H31N5O2S.C21H28N6O2S/c1-30-16-19(7-9-23(30)32)27-25-24-22(12-15-34(24)33)28-26(29-25)31-13-10-18(11-14-31)21-8-6-17-4-2-3-5-20(17)21;1-26-13-15(4-5-18(26)28)23-20-19-17(8-12-30(19)29)24-21(25-20)27-10-6-14(7-11-27)16-3-2-9-22-16/h2-5,8,18-19H,6-7,9-16H2,1H3,(H,27,28,29);3,9,14-15H,2,4-8,10-13H2,1H3,(H,23,24,25)/t19-,34?;15-,30?/m00/s1. The van der Waals surface area contributed by atoms with Crippen molar-refractivity contribution in [3.63, 3.8) is 0 Å². The number of carbonyl (C=O) groups excluding carboxylic acids is 2. The van der Waals surface area contributed by atoms with Crippen LogP contribution in [0.1, 0.15) is 80.3 Å². The molecule has 2 unspecified atom stereocenters. The Morgan fingerprint density at radius 3 is 1.69 bits per heavy atom. The summed E-state index contributed by atoms with van der Waals surface area (Å²) in [6.07, 6.45) is 17.0. The first kappa shape index (κ1) is 42.9. The molecule has 1 aliphatic carbocycles. The average Bonchev–Trinajstić information content (AvgIpc) is 4.15. The highest BCUT2D eigenvalue weighted by atomic mass is 32.2. The van der Waals surface area contributed by atoms with Crippen LogP contribution in [0, 0.1) is 11.8 Å². The fraction of sp³-hybridized carbons (Fsp3) is 0.553. The van der Waals surface area contributed by atoms with Crippen molar-refractivity contribution in [1.82, 2.24) is 29.7 Å². The fourth-order valence-electron chi connectivity index (χ4n) is 10.6. The number of nitrogens with one attached hydrogen (secondary N) is 2. The summed E-state index contributed by atoms with van der Waals surface area (Å²) in [6.45, 7) is 4.93. The van der Waals surface area contributed by atoms with Gasteiger partial charge in [0, 0.05) is 127 Å². The lowest BCUT2D eigenvalue weighted by Gasteiger charge is -2.34. The lowest BCUT2D eigenvalue weighted by atomic mass is 9.86. The van der Waals surface area contributed by atoms with Crippen molar-refractivity contribution < 1.29 is 18.0 Å². The first-order valence-electron chi connectivity index (χ1n) is 23.3. The maximum absolute atomic E-state index is 12.7. The molecule has 0 radical (unpaired) electrons. The smallest absolute Gasteiger partial charge is 0.227 e. The van der Waals surface area contributed by atoms with Crippen molar-refractivity contribution in [3.8, 4) is 0 Å². The van der Waals surface area contributed by atoms with Crippen molar-refractivity contribution in [3.05, 3.63) is 64.6 Å². The van der Waals surface area contributed by atoms with Crippen LogP contribution >= 0.6 is 0 Å². The molecule has 4 atom stereocenters. The number of nitrogens with zero attached hydrogens (tertiary/aromatic N) is 9. The van der Waals surface area contributed by atoms with E-state index in [9.17, 15) is 18.0 Å². The van der Waals surface area contributed by atoms with Crippen LogP contribution in [0.15, 0.2) is 56.9 Å². The molecule has 11 rings (SSSR count). The highest BCUT2D eigenvalue weighted by molar-refractivity contribution is 7.85. The second-order valence-electron chi connectivity index (χ2n) is 18.4. The predicted octanol–water partition coefficient (Wildman–Crippen LogP) is 4.78. The number of likely N-dealkylation sites (tertiary alicyclic amines) is 2. The first-order chi connectivity index (χ1) is 31.1. The Labute approximate surface area is 380 Å². The van der Waals surface area contributed by atoms with Crippen molar-refractivity contribution in [2.24, 2.45) is 16.8 Å². The van der Waals surface area contributed by atoms with Gasteiger partial charge in [-0.3, -0.25) is 23.0 Å². The number of hydrogen-bond donors (Lipinski definition) is 2. The molecule has 2 aromatic heterocycles. The zero-order valence-corrected chi connectivity index (χ0v) is 38.6. The van der Waals surface area contributed by atoms with Crippen LogP contribution in [0.2, 0.25) is 0 Å². The summed E-state index contributed by atoms with van der Waals surface area (Å²) in [5.41, 5.74) is 7.45. The van der Waals surface area contributed by atoms with E-state index >= 15 is 0 Å². The number of aromatic nitrogens is 4. The molecule has 1 aromatic carbocycles. The molecule has 64 heavy (non-hydrogen) atoms. The summed E-state index contributed by atoms with van der Waals surface area (Å²) in [6, 6.07) is 9.01. The molecule has 0 saturated carbocycles. The Morgan fingerprint density at radius 2 is 1.17 bits per heavy atom. The van der Waals surface area contributed by atoms with Crippen LogP contribution in [-0.2, 0) is 50.5 Å². The third kappa shape index (κ3) is 8.85. The third-order valence-corrected chi connectivity index (χ3v) is 17.2. The van der Waals surface area contributed by atoms with Crippen LogP contribution in [0.25, 0.3) is 5.57 Å². The van der Waals surface area contributed by atoms with E-state index in [0.29, 0.717) is 60.9 Å². The quantitative estimate of drug-likeness (QED) is 0.318. The molecule has 2 N–H and O–H groups in total. The Kier molecular flexibility index (Phi) is 12.4. The second-order valence-corrected chi connectivity index (χ2v) is 21.4. The molecule has 7 aliphatic heterocycles. The van der Waals surface area contributed by atoms with Gasteiger partial charge in [-0.25, -0.2) is 9.97 Å². The van der Waals surface area contributed by atoms with Crippen LogP contribution in [-0.4, -0.2) is 133 Å². The summed E-state index contributed by atoms with van der Waals surface area (Å²) in [5, 5.41) is 7.04. The van der Waals surface area contributed by atoms with Gasteiger partial charge in [-0.05, 0) is 67.6 Å². The van der Waals surface area contributed by atoms with Crippen molar-refractivity contribution >= 4 is 68.7 Å². The third-order valence-electron chi connectivity index (χ3n) is 14.2. The van der Waals surface area contributed by atoms with Crippen LogP contribution in [0.5, 0.6) is 0 Å². The van der Waals surface area contributed by atoms with E-state index in [1.54, 1.807) is 9.80 Å². The summed E-state index contributed by atoms with van der Waals surface area (Å²) in [5.74, 6) is 5.57. The number of benzene rings is 1. The Balaban J connectivity index is 0.000000153. The van der Waals surface area contributed by atoms with Gasteiger partial charge in [-0.2, -0.15) is 9.97 Å². The molecular weight excluding hydrogens is 847 g/mol. The number of likely N-dealkylation sites (N-methyl/N-ethyl adjacent to an activating group) is 2. The zero-order valence-electron chi connectivity index (χ0n) is 37.0. The molecule has 4 fully saturated rings. The Morgan fingerprint density at radius 1 is 0.641 bits per heavy atom. The minimum absolute atomic E-state index is 0.118. The lowest BCUT2D eigenvalue weighted by molar-refractivity contribution is -0.132. The number of aliphatic imine (C=N–C) groups is 1. The zero-order chi connectivity index (χ0) is 43.9. The molecule has 338 valence electrons. The molecule has 0 spiro atoms. The molecular formula is C47H59N11O4S2. The van der Waals surface area contributed by atoms with E-state index in [0.717, 1.165) is 123 Å². The van der Waals surface area contributed by atoms with Crippen LogP contribution in [0.3, 0.4) is 0 Å². The normalized spacial score (nSPS) is 25.7. The maximum atomic E-state index is 12.7. The van der Waals surface area contributed by atoms with Gasteiger partial charge in [0.25, 0.3) is 0 Å². The van der Waals surface area contributed by atoms with E-state index in [4.69, 9.17) is 19.9 Å². The number of fused-ring (bicyclic) bond motifs is 3. The largest absolute Gasteiger partial charge is 0.364 e. The summed E-state index contributed by atoms with van der Waals surface area (Å²) < 4.78 is 25.3. The van der Waals surface area contributed by atoms with Gasteiger partial charge in [0.1, 0.15) is 21.4 Å². The van der Waals surface area contributed by atoms with Crippen molar-refractivity contribution in [1.29, 1.82) is 0 Å². The number of allylic oxidation sites excluding steroid dienone is 4. The topological polar surface area (TPSA) is 169 Å². The maximum Gasteiger partial charge on any atom is 0.227 e. The first-order valence-corrected chi connectivity index (χ1v) is 25.9. The number of hydrogen-bond acceptors (Lipinski definition) is 13. The molecule has 2 amide bonds. The molecule has 0 bridgehead atoms. The number of amides is 2. The van der Waals surface area contributed by atoms with Gasteiger partial charge in [0.05, 0.1) is 33.0 Å². The molecule has 4 saturated heterocycles. The monoisotopic (exact) mass is 905 g/mol. The predicted molar refractivity (Wildman–Crippen MR) is 252 cm³/mol. The second kappa shape index (κ2) is 18.5. The molecule has 9 heterocycles. The highest BCUT2D eigenvalue weighted by Crippen LogP contribution is 2.40. The van der Waals surface area contributed by atoms with Gasteiger partial charge in [-0.15, -0.1) is 0 Å². The number of aryl methyl sites for hydroxylation is 2. The Bertz CT molecular complexity index is 2460. The lowest BCUT2D eigenvalue weighted by Crippen LogP contribution is -2.43. The SMILES string of the molecule is CN1C[C@@H](Nc2nc(N3CCC(C4=CCC=N4)CC3)nc3c2S(=O)CC3)CCC1=O.CN1C[C@@H](Nc2nc(N3CCC(C4=CCc5ccccc54)CC3)nc3c2S(=O)CC3)CCC1=O. The molecule has 8 aliphatic rings. The number of rotatable bonds is 8. The Hall–Kier alpha value is -5.03. The van der Waals surface area contributed by atoms with Gasteiger partial charge in [0.15, 0.2) is 0 Å². The van der Waals surface area contributed by atoms with E-state index in [2.05, 4.69) is 61.8 Å². The van der Waals surface area contributed by atoms with Gasteiger partial charge >= 0.3 is 0 Å². The summed E-state index contributed by atoms with van der Waals surface area (Å²) >= 11 is 0. The van der Waals surface area contributed by atoms with Gasteiger partial charge < -0.3 is 30.2 Å². The summed E-state index contributed by atoms with van der Waals surface area (Å²) in [4.78, 5) is 57.2. The molecule has 15 nitrogen and oxygen atoms in total. The van der Waals surface area contributed by atoms with Gasteiger partial charge in [-0.1, -0.05) is 36.4 Å². The highest BCUT2D eigenvalue weighted by Gasteiger charge is 2.34. The minimum atomic E-state index is -1.07. The fourth-order valence-corrected chi connectivity index (χ4v) is 13.2. The molecule has 17 heteroatoms. The van der Waals surface area contributed by atoms with Crippen LogP contribution in [0.4, 0.5) is 23.5 Å². The number of carbonyl (C=O) groups is 2. The molecule has 3 aromatic rings. The summed E-state index contributed by atoms with van der Waals surface area (Å²) in [7, 11) is 1.55. The minimum Gasteiger partial charge on any atom is -0.364 e. The van der Waals surface area contributed by atoms with Crippen molar-refractivity contribution in [2.45, 2.75) is 98.9 Å². The average molecular weight is 906 g/mol. The van der Waals surface area contributed by atoms with E-state index in [-0.39, 0.29) is 23.9 Å². The van der Waals surface area contributed by atoms with E-state index < -0.39 is 21.6 Å².